The third-order valence-electron chi connectivity index (χ3n) is 5.77. The first-order valence-electron chi connectivity index (χ1n) is 9.64. The maximum atomic E-state index is 13.1. The van der Waals surface area contributed by atoms with Crippen molar-refractivity contribution in [3.8, 4) is 11.6 Å². The van der Waals surface area contributed by atoms with Gasteiger partial charge in [-0.25, -0.2) is 4.52 Å². The van der Waals surface area contributed by atoms with Gasteiger partial charge in [-0.05, 0) is 18.6 Å². The van der Waals surface area contributed by atoms with Crippen molar-refractivity contribution < 1.29 is 44.1 Å². The van der Waals surface area contributed by atoms with Gasteiger partial charge in [0.15, 0.2) is 5.65 Å². The average Bonchev–Trinajstić information content (AvgIpc) is 3.25. The fourth-order valence-corrected chi connectivity index (χ4v) is 4.82. The van der Waals surface area contributed by atoms with E-state index in [2.05, 4.69) is 19.0 Å². The van der Waals surface area contributed by atoms with E-state index in [1.165, 1.54) is 34.7 Å². The number of ether oxygens (including phenoxy) is 1. The van der Waals surface area contributed by atoms with Crippen molar-refractivity contribution in [1.82, 2.24) is 19.5 Å². The van der Waals surface area contributed by atoms with Gasteiger partial charge in [-0.3, -0.25) is 4.79 Å². The molecule has 1 aliphatic carbocycles. The molecular weight excluding hydrogens is 491 g/mol. The molecule has 0 unspecified atom stereocenters. The third-order valence-corrected chi connectivity index (χ3v) is 6.73. The van der Waals surface area contributed by atoms with Gasteiger partial charge < -0.3 is 13.8 Å². The summed E-state index contributed by atoms with van der Waals surface area (Å²) < 4.78 is 97.2. The van der Waals surface area contributed by atoms with Crippen molar-refractivity contribution in [3.63, 3.8) is 0 Å². The van der Waals surface area contributed by atoms with Crippen LogP contribution in [0.4, 0.5) is 22.0 Å². The van der Waals surface area contributed by atoms with Crippen molar-refractivity contribution in [2.75, 3.05) is 7.05 Å². The molecular formula is C19H13F5N4O5S. The highest BCUT2D eigenvalue weighted by atomic mass is 32.2. The van der Waals surface area contributed by atoms with Gasteiger partial charge in [0.2, 0.25) is 5.88 Å². The summed E-state index contributed by atoms with van der Waals surface area (Å²) in [4.78, 5) is 18.3. The fourth-order valence-electron chi connectivity index (χ4n) is 4.41. The van der Waals surface area contributed by atoms with Crippen molar-refractivity contribution in [2.45, 2.75) is 30.5 Å². The second kappa shape index (κ2) is 7.25. The van der Waals surface area contributed by atoms with Gasteiger partial charge in [0.05, 0.1) is 11.7 Å². The van der Waals surface area contributed by atoms with Crippen LogP contribution >= 0.6 is 0 Å². The van der Waals surface area contributed by atoms with E-state index in [0.29, 0.717) is 11.3 Å². The van der Waals surface area contributed by atoms with Gasteiger partial charge in [0, 0.05) is 41.9 Å². The Labute approximate surface area is 187 Å². The van der Waals surface area contributed by atoms with Crippen LogP contribution in [0.25, 0.3) is 5.65 Å². The van der Waals surface area contributed by atoms with E-state index in [-0.39, 0.29) is 28.9 Å². The highest BCUT2D eigenvalue weighted by Crippen LogP contribution is 2.53. The summed E-state index contributed by atoms with van der Waals surface area (Å²) in [7, 11) is -4.46. The van der Waals surface area contributed by atoms with Gasteiger partial charge >= 0.3 is 22.2 Å². The molecule has 2 aromatic heterocycles. The molecule has 2 bridgehead atoms. The normalized spacial score (nSPS) is 19.9. The summed E-state index contributed by atoms with van der Waals surface area (Å²) in [6, 6.07) is 4.42. The molecule has 3 aromatic rings. The Balaban J connectivity index is 1.70. The van der Waals surface area contributed by atoms with Crippen LogP contribution in [-0.2, 0) is 10.1 Å². The number of fused-ring (bicyclic) bond motifs is 9. The smallest absolute Gasteiger partial charge is 0.434 e. The molecule has 2 aliphatic rings. The van der Waals surface area contributed by atoms with Crippen LogP contribution in [0.1, 0.15) is 45.6 Å². The molecule has 3 heterocycles. The topological polar surface area (TPSA) is 103 Å². The van der Waals surface area contributed by atoms with Crippen LogP contribution in [0.3, 0.4) is 0 Å². The summed E-state index contributed by atoms with van der Waals surface area (Å²) in [6.45, 7) is -3.17. The predicted molar refractivity (Wildman–Crippen MR) is 103 cm³/mol. The molecule has 0 spiro atoms. The van der Waals surface area contributed by atoms with Crippen molar-refractivity contribution >= 4 is 21.7 Å². The molecule has 34 heavy (non-hydrogen) atoms. The maximum absolute atomic E-state index is 13.1. The second-order valence-electron chi connectivity index (χ2n) is 7.63. The van der Waals surface area contributed by atoms with E-state index in [1.807, 2.05) is 0 Å². The Bertz CT molecular complexity index is 1440. The Hall–Kier alpha value is -3.49. The molecule has 1 amide bonds. The lowest BCUT2D eigenvalue weighted by molar-refractivity contribution is -0.0509. The number of carbonyl (C=O) groups is 1. The number of halogens is 5. The zero-order chi connectivity index (χ0) is 24.6. The number of rotatable bonds is 4. The molecule has 9 nitrogen and oxygen atoms in total. The van der Waals surface area contributed by atoms with Crippen molar-refractivity contribution in [3.05, 3.63) is 52.8 Å². The van der Waals surface area contributed by atoms with Crippen LogP contribution in [0.5, 0.6) is 11.6 Å². The molecule has 2 atom stereocenters. The molecule has 0 fully saturated rings. The van der Waals surface area contributed by atoms with E-state index in [4.69, 9.17) is 0 Å². The van der Waals surface area contributed by atoms with E-state index in [1.54, 1.807) is 0 Å². The first-order chi connectivity index (χ1) is 15.9. The first kappa shape index (κ1) is 22.3. The lowest BCUT2D eigenvalue weighted by Crippen LogP contribution is -2.30. The fraction of sp³-hybridized carbons (Fsp3) is 0.316. The minimum atomic E-state index is -5.97. The second-order valence-corrected chi connectivity index (χ2v) is 9.17. The lowest BCUT2D eigenvalue weighted by atomic mass is 9.89. The minimum Gasteiger partial charge on any atom is -0.434 e. The lowest BCUT2D eigenvalue weighted by Gasteiger charge is -2.23. The van der Waals surface area contributed by atoms with Crippen LogP contribution in [0.2, 0.25) is 0 Å². The standard InChI is InChI=1S/C19H13F5N4O5S/c1-27-10-7-9(13-8(17(27)29)3-2-4-11(13)32-18(20)21)14-15(10)26-28-6-5-12(25-16(14)28)33-34(30,31)19(22,23)24/h2-6,9-10,18H,7H2,1H3/t9-,10-/m1/s1. The van der Waals surface area contributed by atoms with E-state index < -0.39 is 46.0 Å². The number of carbonyl (C=O) groups excluding carboxylic acids is 1. The zero-order valence-corrected chi connectivity index (χ0v) is 17.8. The number of nitrogens with zero attached hydrogens (tertiary/aromatic N) is 4. The Morgan fingerprint density at radius 1 is 1.18 bits per heavy atom. The van der Waals surface area contributed by atoms with Crippen LogP contribution in [0, 0.1) is 0 Å². The monoisotopic (exact) mass is 504 g/mol. The molecule has 0 saturated heterocycles. The zero-order valence-electron chi connectivity index (χ0n) is 17.0. The number of aromatic nitrogens is 3. The molecule has 1 aromatic carbocycles. The van der Waals surface area contributed by atoms with Gasteiger partial charge in [-0.15, -0.1) is 0 Å². The van der Waals surface area contributed by atoms with Gasteiger partial charge in [0.1, 0.15) is 5.75 Å². The Morgan fingerprint density at radius 3 is 2.59 bits per heavy atom. The predicted octanol–water partition coefficient (Wildman–Crippen LogP) is 3.22. The molecule has 180 valence electrons. The Morgan fingerprint density at radius 2 is 1.91 bits per heavy atom. The molecule has 0 saturated carbocycles. The first-order valence-corrected chi connectivity index (χ1v) is 11.0. The number of amides is 1. The molecule has 1 aliphatic heterocycles. The highest BCUT2D eigenvalue weighted by molar-refractivity contribution is 7.87. The summed E-state index contributed by atoms with van der Waals surface area (Å²) in [5, 5.41) is 4.36. The maximum Gasteiger partial charge on any atom is 0.534 e. The summed E-state index contributed by atoms with van der Waals surface area (Å²) in [5.74, 6) is -2.27. The van der Waals surface area contributed by atoms with E-state index in [0.717, 1.165) is 12.3 Å². The van der Waals surface area contributed by atoms with Gasteiger partial charge in [-0.1, -0.05) is 6.07 Å². The summed E-state index contributed by atoms with van der Waals surface area (Å²) >= 11 is 0. The number of benzene rings is 1. The van der Waals surface area contributed by atoms with Crippen molar-refractivity contribution in [2.24, 2.45) is 0 Å². The molecule has 0 radical (unpaired) electrons. The van der Waals surface area contributed by atoms with Crippen LogP contribution < -0.4 is 8.92 Å². The summed E-state index contributed by atoms with van der Waals surface area (Å²) in [5.41, 5.74) is -4.75. The molecule has 0 N–H and O–H groups in total. The van der Waals surface area contributed by atoms with Crippen LogP contribution in [-0.4, -0.2) is 53.0 Å². The quantitative estimate of drug-likeness (QED) is 0.305. The molecule has 5 rings (SSSR count). The van der Waals surface area contributed by atoms with Gasteiger partial charge in [-0.2, -0.15) is 40.5 Å². The SMILES string of the molecule is CN1C(=O)c2cccc(OC(F)F)c2[C@H]2C[C@@H]1c1nn3ccc(OS(=O)(=O)C(F)(F)F)nc3c12. The number of hydrogen-bond donors (Lipinski definition) is 0. The van der Waals surface area contributed by atoms with E-state index in [9.17, 15) is 35.2 Å². The number of alkyl halides is 5. The third kappa shape index (κ3) is 3.25. The number of hydrogen-bond acceptors (Lipinski definition) is 7. The minimum absolute atomic E-state index is 0.0436. The van der Waals surface area contributed by atoms with Gasteiger partial charge in [0.25, 0.3) is 5.91 Å². The van der Waals surface area contributed by atoms with Crippen molar-refractivity contribution in [1.29, 1.82) is 0 Å². The largest absolute Gasteiger partial charge is 0.534 e. The van der Waals surface area contributed by atoms with E-state index >= 15 is 0 Å². The summed E-state index contributed by atoms with van der Waals surface area (Å²) in [6.07, 6.45) is 1.37. The average molecular weight is 504 g/mol. The molecule has 15 heteroatoms. The Kier molecular flexibility index (Phi) is 4.76. The van der Waals surface area contributed by atoms with Crippen LogP contribution in [0.15, 0.2) is 30.5 Å². The highest BCUT2D eigenvalue weighted by Gasteiger charge is 2.49.